The normalized spacial score (nSPS) is 13.6. The molecule has 0 aromatic carbocycles. The van der Waals surface area contributed by atoms with E-state index >= 15 is 0 Å². The molecule has 21 heavy (non-hydrogen) atoms. The van der Waals surface area contributed by atoms with E-state index in [0.29, 0.717) is 12.3 Å². The van der Waals surface area contributed by atoms with Crippen molar-refractivity contribution in [1.29, 1.82) is 0 Å². The van der Waals surface area contributed by atoms with Crippen LogP contribution in [0.15, 0.2) is 35.0 Å². The van der Waals surface area contributed by atoms with Gasteiger partial charge in [-0.2, -0.15) is 5.10 Å². The van der Waals surface area contributed by atoms with E-state index in [0.717, 1.165) is 0 Å². The predicted octanol–water partition coefficient (Wildman–Crippen LogP) is 0.0882. The summed E-state index contributed by atoms with van der Waals surface area (Å²) in [5.74, 6) is -1.53. The fourth-order valence-corrected chi connectivity index (χ4v) is 1.74. The summed E-state index contributed by atoms with van der Waals surface area (Å²) in [6.07, 6.45) is 2.15. The molecule has 0 saturated carbocycles. The van der Waals surface area contributed by atoms with Crippen molar-refractivity contribution in [3.05, 3.63) is 42.1 Å². The molecular weight excluding hydrogens is 278 g/mol. The number of aliphatic carboxylic acids is 1. The maximum atomic E-state index is 11.9. The van der Waals surface area contributed by atoms with E-state index in [1.165, 1.54) is 13.0 Å². The molecule has 0 saturated heterocycles. The summed E-state index contributed by atoms with van der Waals surface area (Å²) in [5.41, 5.74) is 0. The molecule has 8 heteroatoms. The Morgan fingerprint density at radius 3 is 2.81 bits per heavy atom. The third kappa shape index (κ3) is 3.69. The third-order valence-electron chi connectivity index (χ3n) is 2.80. The van der Waals surface area contributed by atoms with Crippen LogP contribution >= 0.6 is 0 Å². The van der Waals surface area contributed by atoms with E-state index in [1.807, 2.05) is 0 Å². The number of carboxylic acid groups (broad SMARTS) is 1. The Kier molecular flexibility index (Phi) is 4.39. The van der Waals surface area contributed by atoms with Gasteiger partial charge in [0.1, 0.15) is 5.76 Å². The van der Waals surface area contributed by atoms with Gasteiger partial charge in [0.15, 0.2) is 11.8 Å². The highest BCUT2D eigenvalue weighted by atomic mass is 16.4. The second-order valence-electron chi connectivity index (χ2n) is 4.50. The van der Waals surface area contributed by atoms with Crippen molar-refractivity contribution in [2.45, 2.75) is 25.6 Å². The van der Waals surface area contributed by atoms with Gasteiger partial charge >= 0.3 is 5.97 Å². The molecule has 0 bridgehead atoms. The molecule has 2 aromatic rings. The molecule has 0 aliphatic rings. The molecule has 0 radical (unpaired) electrons. The molecule has 0 spiro atoms. The predicted molar refractivity (Wildman–Crippen MR) is 70.6 cm³/mol. The van der Waals surface area contributed by atoms with Crippen molar-refractivity contribution >= 4 is 11.9 Å². The summed E-state index contributed by atoms with van der Waals surface area (Å²) in [6.45, 7) is 1.64. The zero-order valence-corrected chi connectivity index (χ0v) is 11.3. The fraction of sp³-hybridized carbons (Fsp3) is 0.308. The Morgan fingerprint density at radius 1 is 1.48 bits per heavy atom. The molecule has 1 amide bonds. The standard InChI is InChI=1S/C13H15N3O5/c1-8(17)11(13(19)20)15-12(18)10-4-3-9(21-10)7-16-6-2-5-14-16/h2-6,8,11,17H,7H2,1H3,(H,15,18)(H,19,20)/t8-,11+/m1/s1. The Hall–Kier alpha value is -2.61. The number of carbonyl (C=O) groups excluding carboxylic acids is 1. The Morgan fingerprint density at radius 2 is 2.24 bits per heavy atom. The smallest absolute Gasteiger partial charge is 0.328 e. The van der Waals surface area contributed by atoms with Gasteiger partial charge in [-0.05, 0) is 25.1 Å². The SMILES string of the molecule is C[C@@H](O)[C@H](NC(=O)c1ccc(Cn2cccn2)o1)C(=O)O. The fourth-order valence-electron chi connectivity index (χ4n) is 1.74. The van der Waals surface area contributed by atoms with Crippen LogP contribution in [0.5, 0.6) is 0 Å². The number of nitrogens with zero attached hydrogens (tertiary/aromatic N) is 2. The van der Waals surface area contributed by atoms with Gasteiger partial charge in [-0.1, -0.05) is 0 Å². The summed E-state index contributed by atoms with van der Waals surface area (Å²) < 4.78 is 6.95. The Bertz CT molecular complexity index is 618. The molecule has 0 unspecified atom stereocenters. The van der Waals surface area contributed by atoms with E-state index < -0.39 is 24.0 Å². The number of carbonyl (C=O) groups is 2. The average Bonchev–Trinajstić information content (AvgIpc) is 3.07. The lowest BCUT2D eigenvalue weighted by Crippen LogP contribution is -2.47. The maximum absolute atomic E-state index is 11.9. The van der Waals surface area contributed by atoms with Crippen LogP contribution in [0.1, 0.15) is 23.2 Å². The van der Waals surface area contributed by atoms with Crippen LogP contribution in [0.3, 0.4) is 0 Å². The lowest BCUT2D eigenvalue weighted by Gasteiger charge is -2.15. The molecule has 3 N–H and O–H groups in total. The van der Waals surface area contributed by atoms with Crippen LogP contribution in [0.25, 0.3) is 0 Å². The molecule has 2 heterocycles. The van der Waals surface area contributed by atoms with E-state index in [1.54, 1.807) is 29.2 Å². The second-order valence-corrected chi connectivity index (χ2v) is 4.50. The number of carboxylic acids is 1. The minimum atomic E-state index is -1.39. The maximum Gasteiger partial charge on any atom is 0.328 e. The molecule has 112 valence electrons. The van der Waals surface area contributed by atoms with Crippen molar-refractivity contribution in [1.82, 2.24) is 15.1 Å². The third-order valence-corrected chi connectivity index (χ3v) is 2.80. The minimum Gasteiger partial charge on any atom is -0.480 e. The highest BCUT2D eigenvalue weighted by molar-refractivity contribution is 5.94. The molecular formula is C13H15N3O5. The summed E-state index contributed by atoms with van der Waals surface area (Å²) in [6, 6.07) is 3.41. The molecule has 2 rings (SSSR count). The Balaban J connectivity index is 2.03. The van der Waals surface area contributed by atoms with E-state index in [9.17, 15) is 14.7 Å². The van der Waals surface area contributed by atoms with E-state index in [-0.39, 0.29) is 5.76 Å². The number of aliphatic hydroxyl groups excluding tert-OH is 1. The molecule has 0 aliphatic carbocycles. The zero-order valence-electron chi connectivity index (χ0n) is 11.3. The number of nitrogens with one attached hydrogen (secondary N) is 1. The molecule has 0 fully saturated rings. The number of aliphatic hydroxyl groups is 1. The number of aromatic nitrogens is 2. The van der Waals surface area contributed by atoms with Crippen LogP contribution in [-0.2, 0) is 11.3 Å². The van der Waals surface area contributed by atoms with E-state index in [4.69, 9.17) is 9.52 Å². The Labute approximate surface area is 120 Å². The van der Waals surface area contributed by atoms with Gasteiger partial charge in [-0.25, -0.2) is 4.79 Å². The lowest BCUT2D eigenvalue weighted by molar-refractivity contribution is -0.141. The highest BCUT2D eigenvalue weighted by Gasteiger charge is 2.26. The largest absolute Gasteiger partial charge is 0.480 e. The first-order valence-corrected chi connectivity index (χ1v) is 6.25. The summed E-state index contributed by atoms with van der Waals surface area (Å²) in [4.78, 5) is 22.8. The molecule has 2 atom stereocenters. The monoisotopic (exact) mass is 293 g/mol. The summed E-state index contributed by atoms with van der Waals surface area (Å²) in [7, 11) is 0. The van der Waals surface area contributed by atoms with Crippen molar-refractivity contribution < 1.29 is 24.2 Å². The van der Waals surface area contributed by atoms with Crippen LogP contribution < -0.4 is 5.32 Å². The average molecular weight is 293 g/mol. The van der Waals surface area contributed by atoms with Crippen molar-refractivity contribution in [2.24, 2.45) is 0 Å². The number of amides is 1. The van der Waals surface area contributed by atoms with Gasteiger partial charge in [0.2, 0.25) is 0 Å². The van der Waals surface area contributed by atoms with Crippen molar-refractivity contribution in [3.63, 3.8) is 0 Å². The van der Waals surface area contributed by atoms with Gasteiger partial charge in [-0.3, -0.25) is 9.48 Å². The van der Waals surface area contributed by atoms with E-state index in [2.05, 4.69) is 10.4 Å². The zero-order chi connectivity index (χ0) is 15.4. The van der Waals surface area contributed by atoms with Crippen LogP contribution in [0, 0.1) is 0 Å². The minimum absolute atomic E-state index is 0.0240. The van der Waals surface area contributed by atoms with Gasteiger partial charge in [0, 0.05) is 12.4 Å². The van der Waals surface area contributed by atoms with Crippen molar-refractivity contribution in [2.75, 3.05) is 0 Å². The molecule has 8 nitrogen and oxygen atoms in total. The number of hydrogen-bond donors (Lipinski definition) is 3. The lowest BCUT2D eigenvalue weighted by atomic mass is 10.2. The number of furan rings is 1. The second kappa shape index (κ2) is 6.23. The van der Waals surface area contributed by atoms with Crippen LogP contribution in [0.2, 0.25) is 0 Å². The topological polar surface area (TPSA) is 118 Å². The summed E-state index contributed by atoms with van der Waals surface area (Å²) in [5, 5.41) is 24.4. The summed E-state index contributed by atoms with van der Waals surface area (Å²) >= 11 is 0. The van der Waals surface area contributed by atoms with Gasteiger partial charge in [0.25, 0.3) is 5.91 Å². The first-order valence-electron chi connectivity index (χ1n) is 6.25. The first kappa shape index (κ1) is 14.8. The van der Waals surface area contributed by atoms with Gasteiger partial charge in [-0.15, -0.1) is 0 Å². The van der Waals surface area contributed by atoms with Crippen LogP contribution in [0.4, 0.5) is 0 Å². The first-order chi connectivity index (χ1) is 9.97. The number of hydrogen-bond acceptors (Lipinski definition) is 5. The van der Waals surface area contributed by atoms with Gasteiger partial charge in [0.05, 0.1) is 12.6 Å². The number of rotatable bonds is 6. The molecule has 0 aliphatic heterocycles. The van der Waals surface area contributed by atoms with Crippen LogP contribution in [-0.4, -0.2) is 44.0 Å². The quantitative estimate of drug-likeness (QED) is 0.694. The molecule has 2 aromatic heterocycles. The van der Waals surface area contributed by atoms with Gasteiger partial charge < -0.3 is 19.9 Å². The van der Waals surface area contributed by atoms with Crippen molar-refractivity contribution in [3.8, 4) is 0 Å². The highest BCUT2D eigenvalue weighted by Crippen LogP contribution is 2.10.